The van der Waals surface area contributed by atoms with Gasteiger partial charge in [0.1, 0.15) is 0 Å². The molecule has 4 nitrogen and oxygen atoms in total. The zero-order valence-electron chi connectivity index (χ0n) is 10.1. The molecule has 4 heteroatoms. The second kappa shape index (κ2) is 5.51. The van der Waals surface area contributed by atoms with Crippen LogP contribution in [-0.4, -0.2) is 19.0 Å². The molecule has 0 aliphatic rings. The number of amides is 1. The van der Waals surface area contributed by atoms with Gasteiger partial charge in [0.05, 0.1) is 5.56 Å². The monoisotopic (exact) mass is 243 g/mol. The highest BCUT2D eigenvalue weighted by Crippen LogP contribution is 2.21. The van der Waals surface area contributed by atoms with Crippen LogP contribution >= 0.6 is 0 Å². The number of carbonyl (C=O) groups is 1. The van der Waals surface area contributed by atoms with E-state index in [0.717, 1.165) is 17.2 Å². The first-order valence-electron chi connectivity index (χ1n) is 5.99. The predicted octanol–water partition coefficient (Wildman–Crippen LogP) is 1.50. The lowest BCUT2D eigenvalue weighted by Crippen LogP contribution is -2.26. The van der Waals surface area contributed by atoms with Crippen LogP contribution < -0.4 is 16.8 Å². The summed E-state index contributed by atoms with van der Waals surface area (Å²) >= 11 is 0. The summed E-state index contributed by atoms with van der Waals surface area (Å²) in [4.78, 5) is 12.0. The van der Waals surface area contributed by atoms with Gasteiger partial charge in [-0.15, -0.1) is 0 Å². The molecule has 0 aliphatic heterocycles. The summed E-state index contributed by atoms with van der Waals surface area (Å²) in [5, 5.41) is 4.85. The minimum absolute atomic E-state index is 0.147. The Hall–Kier alpha value is -2.07. The van der Waals surface area contributed by atoms with Gasteiger partial charge >= 0.3 is 0 Å². The van der Waals surface area contributed by atoms with Crippen molar-refractivity contribution in [3.63, 3.8) is 0 Å². The second-order valence-electron chi connectivity index (χ2n) is 4.18. The third kappa shape index (κ3) is 2.60. The number of nitrogen functional groups attached to an aromatic ring is 1. The van der Waals surface area contributed by atoms with E-state index >= 15 is 0 Å². The van der Waals surface area contributed by atoms with E-state index < -0.39 is 0 Å². The smallest absolute Gasteiger partial charge is 0.253 e. The maximum atomic E-state index is 12.0. The number of hydrogen-bond acceptors (Lipinski definition) is 3. The maximum Gasteiger partial charge on any atom is 0.253 e. The van der Waals surface area contributed by atoms with Crippen molar-refractivity contribution in [3.05, 3.63) is 42.0 Å². The van der Waals surface area contributed by atoms with Gasteiger partial charge in [0.2, 0.25) is 0 Å². The summed E-state index contributed by atoms with van der Waals surface area (Å²) < 4.78 is 0. The molecule has 0 aromatic heterocycles. The molecule has 2 rings (SSSR count). The highest BCUT2D eigenvalue weighted by molar-refractivity contribution is 6.03. The van der Waals surface area contributed by atoms with E-state index in [2.05, 4.69) is 5.32 Å². The molecule has 0 bridgehead atoms. The third-order valence-electron chi connectivity index (χ3n) is 2.83. The van der Waals surface area contributed by atoms with Crippen molar-refractivity contribution in [3.8, 4) is 0 Å². The van der Waals surface area contributed by atoms with Crippen molar-refractivity contribution in [1.82, 2.24) is 5.32 Å². The molecule has 94 valence electrons. The summed E-state index contributed by atoms with van der Waals surface area (Å²) in [6.45, 7) is 1.13. The Morgan fingerprint density at radius 1 is 1.17 bits per heavy atom. The molecule has 1 amide bonds. The molecule has 0 saturated heterocycles. The molecular weight excluding hydrogens is 226 g/mol. The van der Waals surface area contributed by atoms with Crippen LogP contribution in [0.2, 0.25) is 0 Å². The standard InChI is InChI=1S/C14H17N3O/c15-6-3-7-17-14(18)12-8-10-4-1-2-5-11(10)9-13(12)16/h1-2,4-5,8-9H,3,6-7,15-16H2,(H,17,18). The third-order valence-corrected chi connectivity index (χ3v) is 2.83. The van der Waals surface area contributed by atoms with Crippen LogP contribution in [0.1, 0.15) is 16.8 Å². The van der Waals surface area contributed by atoms with Crippen molar-refractivity contribution in [2.45, 2.75) is 6.42 Å². The van der Waals surface area contributed by atoms with E-state index in [-0.39, 0.29) is 5.91 Å². The van der Waals surface area contributed by atoms with Gasteiger partial charge in [0, 0.05) is 12.2 Å². The topological polar surface area (TPSA) is 81.1 Å². The van der Waals surface area contributed by atoms with E-state index in [0.29, 0.717) is 24.3 Å². The van der Waals surface area contributed by atoms with Crippen LogP contribution in [0.15, 0.2) is 36.4 Å². The maximum absolute atomic E-state index is 12.0. The minimum atomic E-state index is -0.147. The van der Waals surface area contributed by atoms with Crippen LogP contribution in [0.3, 0.4) is 0 Å². The quantitative estimate of drug-likeness (QED) is 0.562. The molecule has 0 fully saturated rings. The Kier molecular flexibility index (Phi) is 3.79. The lowest BCUT2D eigenvalue weighted by atomic mass is 10.0. The average molecular weight is 243 g/mol. The lowest BCUT2D eigenvalue weighted by molar-refractivity contribution is 0.0954. The molecule has 2 aromatic carbocycles. The fourth-order valence-corrected chi connectivity index (χ4v) is 1.85. The number of nitrogens with one attached hydrogen (secondary N) is 1. The largest absolute Gasteiger partial charge is 0.398 e. The van der Waals surface area contributed by atoms with E-state index in [1.54, 1.807) is 0 Å². The first kappa shape index (κ1) is 12.4. The number of hydrogen-bond donors (Lipinski definition) is 3. The van der Waals surface area contributed by atoms with Crippen molar-refractivity contribution < 1.29 is 4.79 Å². The zero-order chi connectivity index (χ0) is 13.0. The van der Waals surface area contributed by atoms with Gasteiger partial charge < -0.3 is 16.8 Å². The van der Waals surface area contributed by atoms with Crippen LogP contribution in [0.25, 0.3) is 10.8 Å². The fraction of sp³-hybridized carbons (Fsp3) is 0.214. The van der Waals surface area contributed by atoms with E-state index in [1.807, 2.05) is 36.4 Å². The lowest BCUT2D eigenvalue weighted by Gasteiger charge is -2.08. The van der Waals surface area contributed by atoms with E-state index in [9.17, 15) is 4.79 Å². The van der Waals surface area contributed by atoms with Gasteiger partial charge in [-0.3, -0.25) is 4.79 Å². The molecule has 0 aliphatic carbocycles. The Morgan fingerprint density at radius 3 is 2.50 bits per heavy atom. The highest BCUT2D eigenvalue weighted by Gasteiger charge is 2.10. The average Bonchev–Trinajstić information content (AvgIpc) is 2.38. The van der Waals surface area contributed by atoms with Gasteiger partial charge in [-0.2, -0.15) is 0 Å². The number of fused-ring (bicyclic) bond motifs is 1. The molecule has 0 atom stereocenters. The summed E-state index contributed by atoms with van der Waals surface area (Å²) in [5.74, 6) is -0.147. The Balaban J connectivity index is 2.27. The number of anilines is 1. The summed E-state index contributed by atoms with van der Waals surface area (Å²) in [5.41, 5.74) is 12.3. The van der Waals surface area contributed by atoms with Crippen molar-refractivity contribution >= 4 is 22.4 Å². The first-order chi connectivity index (χ1) is 8.72. The number of carbonyl (C=O) groups excluding carboxylic acids is 1. The molecular formula is C14H17N3O. The summed E-state index contributed by atoms with van der Waals surface area (Å²) in [6.07, 6.45) is 0.763. The molecule has 0 unspecified atom stereocenters. The number of nitrogens with two attached hydrogens (primary N) is 2. The van der Waals surface area contributed by atoms with Gasteiger partial charge in [0.15, 0.2) is 0 Å². The Labute approximate surface area is 106 Å². The van der Waals surface area contributed by atoms with Gasteiger partial charge in [-0.25, -0.2) is 0 Å². The molecule has 5 N–H and O–H groups in total. The van der Waals surface area contributed by atoms with E-state index in [1.165, 1.54) is 0 Å². The number of rotatable bonds is 4. The molecule has 0 saturated carbocycles. The van der Waals surface area contributed by atoms with Gasteiger partial charge in [0.25, 0.3) is 5.91 Å². The van der Waals surface area contributed by atoms with Gasteiger partial charge in [-0.05, 0) is 35.9 Å². The normalized spacial score (nSPS) is 10.5. The molecule has 0 heterocycles. The van der Waals surface area contributed by atoms with Gasteiger partial charge in [-0.1, -0.05) is 24.3 Å². The first-order valence-corrected chi connectivity index (χ1v) is 5.99. The molecule has 0 spiro atoms. The highest BCUT2D eigenvalue weighted by atomic mass is 16.1. The van der Waals surface area contributed by atoms with Crippen molar-refractivity contribution in [1.29, 1.82) is 0 Å². The Morgan fingerprint density at radius 2 is 1.83 bits per heavy atom. The van der Waals surface area contributed by atoms with Crippen LogP contribution in [0.5, 0.6) is 0 Å². The van der Waals surface area contributed by atoms with Crippen molar-refractivity contribution in [2.24, 2.45) is 5.73 Å². The zero-order valence-corrected chi connectivity index (χ0v) is 10.1. The number of benzene rings is 2. The Bertz CT molecular complexity index is 566. The van der Waals surface area contributed by atoms with Crippen LogP contribution in [-0.2, 0) is 0 Å². The molecule has 0 radical (unpaired) electrons. The SMILES string of the molecule is NCCCNC(=O)c1cc2ccccc2cc1N. The van der Waals surface area contributed by atoms with E-state index in [4.69, 9.17) is 11.5 Å². The summed E-state index contributed by atoms with van der Waals surface area (Å²) in [6, 6.07) is 11.5. The predicted molar refractivity (Wildman–Crippen MR) is 74.4 cm³/mol. The van der Waals surface area contributed by atoms with Crippen LogP contribution in [0.4, 0.5) is 5.69 Å². The second-order valence-corrected chi connectivity index (χ2v) is 4.18. The van der Waals surface area contributed by atoms with Crippen molar-refractivity contribution in [2.75, 3.05) is 18.8 Å². The fourth-order valence-electron chi connectivity index (χ4n) is 1.85. The van der Waals surface area contributed by atoms with Crippen LogP contribution in [0, 0.1) is 0 Å². The summed E-state index contributed by atoms with van der Waals surface area (Å²) in [7, 11) is 0. The minimum Gasteiger partial charge on any atom is -0.398 e. The molecule has 18 heavy (non-hydrogen) atoms. The molecule has 2 aromatic rings.